The van der Waals surface area contributed by atoms with E-state index in [4.69, 9.17) is 4.74 Å². The summed E-state index contributed by atoms with van der Waals surface area (Å²) >= 11 is 0. The Labute approximate surface area is 136 Å². The number of ketones is 1. The van der Waals surface area contributed by atoms with Crippen molar-refractivity contribution in [1.82, 2.24) is 0 Å². The van der Waals surface area contributed by atoms with Gasteiger partial charge in [0.15, 0.2) is 5.78 Å². The molecule has 1 atom stereocenters. The molecule has 0 radical (unpaired) electrons. The molecular weight excluding hydrogens is 284 g/mol. The molecule has 0 saturated carbocycles. The first kappa shape index (κ1) is 14.3. The number of carbonyl (C=O) groups is 1. The Kier molecular flexibility index (Phi) is 3.15. The van der Waals surface area contributed by atoms with Gasteiger partial charge in [0.25, 0.3) is 0 Å². The normalized spacial score (nSPS) is 22.2. The van der Waals surface area contributed by atoms with Gasteiger partial charge in [-0.05, 0) is 18.1 Å². The van der Waals surface area contributed by atoms with Crippen LogP contribution in [0.25, 0.3) is 0 Å². The van der Waals surface area contributed by atoms with Crippen LogP contribution in [-0.2, 0) is 4.79 Å². The molecule has 1 aliphatic heterocycles. The highest BCUT2D eigenvalue weighted by Gasteiger charge is 2.43. The predicted octanol–water partition coefficient (Wildman–Crippen LogP) is 4.85. The summed E-state index contributed by atoms with van der Waals surface area (Å²) in [5, 5.41) is 0. The summed E-state index contributed by atoms with van der Waals surface area (Å²) in [7, 11) is 0. The van der Waals surface area contributed by atoms with E-state index in [1.165, 1.54) is 0 Å². The van der Waals surface area contributed by atoms with Gasteiger partial charge >= 0.3 is 0 Å². The van der Waals surface area contributed by atoms with Crippen LogP contribution in [0.2, 0.25) is 0 Å². The van der Waals surface area contributed by atoms with Crippen LogP contribution in [0.5, 0.6) is 5.75 Å². The molecule has 0 amide bonds. The molecule has 0 spiro atoms. The fourth-order valence-electron chi connectivity index (χ4n) is 3.66. The lowest BCUT2D eigenvalue weighted by Crippen LogP contribution is -2.36. The van der Waals surface area contributed by atoms with Gasteiger partial charge < -0.3 is 4.74 Å². The van der Waals surface area contributed by atoms with E-state index < -0.39 is 0 Å². The minimum absolute atomic E-state index is 0.0248. The Morgan fingerprint density at radius 3 is 2.48 bits per heavy atom. The lowest BCUT2D eigenvalue weighted by atomic mass is 9.68. The van der Waals surface area contributed by atoms with Gasteiger partial charge in [0, 0.05) is 28.9 Å². The molecule has 1 heterocycles. The lowest BCUT2D eigenvalue weighted by molar-refractivity contribution is -0.124. The van der Waals surface area contributed by atoms with Crippen LogP contribution in [0.15, 0.2) is 65.9 Å². The van der Waals surface area contributed by atoms with E-state index in [-0.39, 0.29) is 17.1 Å². The first-order valence-electron chi connectivity index (χ1n) is 8.17. The van der Waals surface area contributed by atoms with Crippen molar-refractivity contribution < 1.29 is 9.53 Å². The van der Waals surface area contributed by atoms with E-state index in [0.29, 0.717) is 0 Å². The van der Waals surface area contributed by atoms with Gasteiger partial charge in [-0.2, -0.15) is 0 Å². The molecule has 4 rings (SSSR count). The van der Waals surface area contributed by atoms with Crippen LogP contribution in [0, 0.1) is 5.41 Å². The quantitative estimate of drug-likeness (QED) is 0.752. The molecule has 116 valence electrons. The second-order valence-electron chi connectivity index (χ2n) is 7.03. The first-order valence-corrected chi connectivity index (χ1v) is 8.17. The Hall–Kier alpha value is -2.35. The summed E-state index contributed by atoms with van der Waals surface area (Å²) in [5.74, 6) is 1.94. The second kappa shape index (κ2) is 5.09. The van der Waals surface area contributed by atoms with Crippen LogP contribution in [-0.4, -0.2) is 5.78 Å². The monoisotopic (exact) mass is 304 g/mol. The van der Waals surface area contributed by atoms with Crippen molar-refractivity contribution in [1.29, 1.82) is 0 Å². The van der Waals surface area contributed by atoms with E-state index >= 15 is 0 Å². The van der Waals surface area contributed by atoms with E-state index in [2.05, 4.69) is 18.2 Å². The fourth-order valence-corrected chi connectivity index (χ4v) is 3.66. The number of Topliss-reactive ketones (excluding diaryl/α,β-unsaturated/α-hetero) is 1. The largest absolute Gasteiger partial charge is 0.461 e. The maximum atomic E-state index is 13.1. The predicted molar refractivity (Wildman–Crippen MR) is 90.4 cm³/mol. The van der Waals surface area contributed by atoms with Crippen molar-refractivity contribution in [3.8, 4) is 5.75 Å². The molecule has 0 fully saturated rings. The number of hydrogen-bond donors (Lipinski definition) is 0. The molecule has 2 aliphatic rings. The Bertz CT molecular complexity index is 800. The molecule has 1 aliphatic carbocycles. The van der Waals surface area contributed by atoms with Crippen LogP contribution < -0.4 is 4.74 Å². The minimum Gasteiger partial charge on any atom is -0.461 e. The zero-order chi connectivity index (χ0) is 16.0. The Morgan fingerprint density at radius 2 is 1.70 bits per heavy atom. The van der Waals surface area contributed by atoms with E-state index in [9.17, 15) is 4.79 Å². The zero-order valence-corrected chi connectivity index (χ0v) is 13.5. The topological polar surface area (TPSA) is 26.3 Å². The van der Waals surface area contributed by atoms with E-state index in [1.807, 2.05) is 50.2 Å². The van der Waals surface area contributed by atoms with Crippen LogP contribution >= 0.6 is 0 Å². The Morgan fingerprint density at radius 1 is 1.00 bits per heavy atom. The lowest BCUT2D eigenvalue weighted by Gasteiger charge is -2.38. The van der Waals surface area contributed by atoms with Crippen molar-refractivity contribution in [3.63, 3.8) is 0 Å². The highest BCUT2D eigenvalue weighted by molar-refractivity contribution is 6.03. The third kappa shape index (κ3) is 2.21. The third-order valence-electron chi connectivity index (χ3n) is 5.02. The second-order valence-corrected chi connectivity index (χ2v) is 7.03. The molecule has 2 aromatic rings. The van der Waals surface area contributed by atoms with Gasteiger partial charge in [-0.15, -0.1) is 0 Å². The van der Waals surface area contributed by atoms with Crippen LogP contribution in [0.1, 0.15) is 43.7 Å². The summed E-state index contributed by atoms with van der Waals surface area (Å²) < 4.78 is 6.11. The van der Waals surface area contributed by atoms with Gasteiger partial charge in [0.05, 0.1) is 0 Å². The van der Waals surface area contributed by atoms with Crippen molar-refractivity contribution in [2.24, 2.45) is 5.41 Å². The van der Waals surface area contributed by atoms with E-state index in [1.54, 1.807) is 0 Å². The van der Waals surface area contributed by atoms with Gasteiger partial charge in [-0.25, -0.2) is 0 Å². The highest BCUT2D eigenvalue weighted by atomic mass is 16.5. The van der Waals surface area contributed by atoms with Crippen molar-refractivity contribution in [3.05, 3.63) is 77.1 Å². The maximum Gasteiger partial charge on any atom is 0.168 e. The number of para-hydroxylation sites is 1. The number of benzene rings is 2. The fraction of sp³-hybridized carbons (Fsp3) is 0.286. The highest BCUT2D eigenvalue weighted by Crippen LogP contribution is 2.49. The molecule has 0 aromatic heterocycles. The average Bonchev–Trinajstić information content (AvgIpc) is 2.57. The number of carbonyl (C=O) groups excluding carboxylic acids is 1. The SMILES string of the molecule is CC1(C)CCC2=C(C1=O)C(c1ccccc1)c1ccccc1O2. The maximum absolute atomic E-state index is 13.1. The molecule has 2 aromatic carbocycles. The smallest absolute Gasteiger partial charge is 0.168 e. The van der Waals surface area contributed by atoms with Crippen molar-refractivity contribution in [2.75, 3.05) is 0 Å². The summed E-state index contributed by atoms with van der Waals surface area (Å²) in [4.78, 5) is 13.1. The number of fused-ring (bicyclic) bond motifs is 1. The van der Waals surface area contributed by atoms with E-state index in [0.717, 1.165) is 41.1 Å². The molecule has 1 unspecified atom stereocenters. The molecule has 2 nitrogen and oxygen atoms in total. The first-order chi connectivity index (χ1) is 11.1. The number of ether oxygens (including phenoxy) is 1. The standard InChI is InChI=1S/C21H20O2/c1-21(2)13-12-17-19(20(21)22)18(14-8-4-3-5-9-14)15-10-6-7-11-16(15)23-17/h3-11,18H,12-13H2,1-2H3. The van der Waals surface area contributed by atoms with Crippen LogP contribution in [0.3, 0.4) is 0 Å². The van der Waals surface area contributed by atoms with Gasteiger partial charge in [-0.3, -0.25) is 4.79 Å². The van der Waals surface area contributed by atoms with Gasteiger partial charge in [0.2, 0.25) is 0 Å². The minimum atomic E-state index is -0.318. The van der Waals surface area contributed by atoms with Gasteiger partial charge in [-0.1, -0.05) is 62.4 Å². The number of rotatable bonds is 1. The number of hydrogen-bond acceptors (Lipinski definition) is 2. The molecule has 23 heavy (non-hydrogen) atoms. The van der Waals surface area contributed by atoms with Crippen molar-refractivity contribution in [2.45, 2.75) is 32.6 Å². The zero-order valence-electron chi connectivity index (χ0n) is 13.5. The molecule has 0 bridgehead atoms. The van der Waals surface area contributed by atoms with Gasteiger partial charge in [0.1, 0.15) is 11.5 Å². The summed E-state index contributed by atoms with van der Waals surface area (Å²) in [5.41, 5.74) is 2.78. The molecule has 0 N–H and O–H groups in total. The third-order valence-corrected chi connectivity index (χ3v) is 5.02. The summed E-state index contributed by atoms with van der Waals surface area (Å²) in [6.45, 7) is 4.09. The molecule has 0 saturated heterocycles. The molecular formula is C21H20O2. The number of allylic oxidation sites excluding steroid dienone is 2. The summed E-state index contributed by atoms with van der Waals surface area (Å²) in [6, 6.07) is 18.4. The average molecular weight is 304 g/mol. The Balaban J connectivity index is 1.95. The van der Waals surface area contributed by atoms with Crippen LogP contribution in [0.4, 0.5) is 0 Å². The molecule has 2 heteroatoms. The van der Waals surface area contributed by atoms with Crippen molar-refractivity contribution >= 4 is 5.78 Å². The summed E-state index contributed by atoms with van der Waals surface area (Å²) in [6.07, 6.45) is 1.67.